The molecule has 3 fully saturated rings. The maximum Gasteiger partial charge on any atom is 0.190 e. The zero-order valence-electron chi connectivity index (χ0n) is 15.4. The number of carbonyl (C=O) groups is 2. The average molecular weight is 346 g/mol. The van der Waals surface area contributed by atoms with Crippen molar-refractivity contribution in [3.05, 3.63) is 11.6 Å². The van der Waals surface area contributed by atoms with Gasteiger partial charge in [0, 0.05) is 11.8 Å². The van der Waals surface area contributed by atoms with Crippen LogP contribution in [0.3, 0.4) is 0 Å². The van der Waals surface area contributed by atoms with E-state index in [-0.39, 0.29) is 11.2 Å². The van der Waals surface area contributed by atoms with Gasteiger partial charge in [0.2, 0.25) is 0 Å². The molecule has 0 aromatic rings. The molecule has 4 heteroatoms. The minimum Gasteiger partial charge on any atom is -0.388 e. The van der Waals surface area contributed by atoms with Crippen LogP contribution < -0.4 is 0 Å². The molecule has 0 aliphatic heterocycles. The fourth-order valence-corrected chi connectivity index (χ4v) is 7.16. The Morgan fingerprint density at radius 3 is 2.56 bits per heavy atom. The molecule has 138 valence electrons. The summed E-state index contributed by atoms with van der Waals surface area (Å²) in [7, 11) is 0. The van der Waals surface area contributed by atoms with Gasteiger partial charge in [-0.05, 0) is 74.2 Å². The second kappa shape index (κ2) is 5.50. The Morgan fingerprint density at radius 1 is 1.12 bits per heavy atom. The zero-order valence-corrected chi connectivity index (χ0v) is 15.4. The largest absolute Gasteiger partial charge is 0.388 e. The van der Waals surface area contributed by atoms with E-state index in [0.717, 1.165) is 38.5 Å². The number of hydrogen-bond acceptors (Lipinski definition) is 4. The molecule has 3 saturated carbocycles. The van der Waals surface area contributed by atoms with Gasteiger partial charge in [-0.3, -0.25) is 9.59 Å². The molecule has 25 heavy (non-hydrogen) atoms. The number of fused-ring (bicyclic) bond motifs is 5. The van der Waals surface area contributed by atoms with Crippen molar-refractivity contribution in [1.29, 1.82) is 0 Å². The van der Waals surface area contributed by atoms with Crippen LogP contribution in [0.25, 0.3) is 0 Å². The summed E-state index contributed by atoms with van der Waals surface area (Å²) in [6, 6.07) is 0. The normalized spacial score (nSPS) is 49.0. The lowest BCUT2D eigenvalue weighted by Crippen LogP contribution is -2.58. The number of aliphatic hydroxyl groups excluding tert-OH is 1. The summed E-state index contributed by atoms with van der Waals surface area (Å²) in [5.41, 5.74) is -0.333. The van der Waals surface area contributed by atoms with Crippen LogP contribution in [0.2, 0.25) is 0 Å². The van der Waals surface area contributed by atoms with Crippen molar-refractivity contribution < 1.29 is 19.8 Å². The predicted octanol–water partition coefficient (Wildman–Crippen LogP) is 2.81. The van der Waals surface area contributed by atoms with E-state index < -0.39 is 23.4 Å². The number of hydrogen-bond donors (Lipinski definition) is 2. The molecule has 0 aromatic carbocycles. The Kier molecular flexibility index (Phi) is 3.83. The van der Waals surface area contributed by atoms with Crippen molar-refractivity contribution in [2.24, 2.45) is 28.6 Å². The predicted molar refractivity (Wildman–Crippen MR) is 93.8 cm³/mol. The van der Waals surface area contributed by atoms with E-state index >= 15 is 0 Å². The zero-order chi connectivity index (χ0) is 18.0. The van der Waals surface area contributed by atoms with Crippen LogP contribution in [-0.4, -0.2) is 34.0 Å². The molecule has 4 nitrogen and oxygen atoms in total. The molecule has 0 aromatic heterocycles. The lowest BCUT2D eigenvalue weighted by Gasteiger charge is -2.58. The Hall–Kier alpha value is -1.00. The van der Waals surface area contributed by atoms with E-state index in [4.69, 9.17) is 0 Å². The van der Waals surface area contributed by atoms with Crippen molar-refractivity contribution in [1.82, 2.24) is 0 Å². The summed E-state index contributed by atoms with van der Waals surface area (Å²) >= 11 is 0. The number of rotatable bonds is 2. The van der Waals surface area contributed by atoms with Gasteiger partial charge in [-0.15, -0.1) is 0 Å². The van der Waals surface area contributed by atoms with Crippen LogP contribution in [-0.2, 0) is 9.59 Å². The monoisotopic (exact) mass is 346 g/mol. The van der Waals surface area contributed by atoms with E-state index in [2.05, 4.69) is 13.8 Å². The van der Waals surface area contributed by atoms with Gasteiger partial charge < -0.3 is 10.2 Å². The summed E-state index contributed by atoms with van der Waals surface area (Å²) in [4.78, 5) is 24.2. The fraction of sp³-hybridized carbons (Fsp3) is 0.810. The van der Waals surface area contributed by atoms with E-state index in [1.807, 2.05) is 6.08 Å². The smallest absolute Gasteiger partial charge is 0.190 e. The minimum atomic E-state index is -1.36. The summed E-state index contributed by atoms with van der Waals surface area (Å²) in [5.74, 6) is 1.26. The molecule has 2 N–H and O–H groups in total. The SMILES string of the molecule is C[C@]12CCC(=O)C=C1CC[C@H]1[C@H]3CC[C@](O)(C(=O)CO)[C@]3(C)CC[C@@H]12. The van der Waals surface area contributed by atoms with Crippen LogP contribution in [0.15, 0.2) is 11.6 Å². The lowest BCUT2D eigenvalue weighted by atomic mass is 9.46. The van der Waals surface area contributed by atoms with Gasteiger partial charge in [0.25, 0.3) is 0 Å². The second-order valence-corrected chi connectivity index (χ2v) is 9.41. The van der Waals surface area contributed by atoms with Crippen molar-refractivity contribution >= 4 is 11.6 Å². The van der Waals surface area contributed by atoms with Crippen LogP contribution >= 0.6 is 0 Å². The molecule has 0 radical (unpaired) electrons. The maximum absolute atomic E-state index is 12.3. The van der Waals surface area contributed by atoms with Crippen LogP contribution in [0, 0.1) is 28.6 Å². The number of ketones is 2. The highest BCUT2D eigenvalue weighted by Gasteiger charge is 2.65. The highest BCUT2D eigenvalue weighted by atomic mass is 16.3. The summed E-state index contributed by atoms with van der Waals surface area (Å²) in [6.45, 7) is 3.84. The van der Waals surface area contributed by atoms with Crippen molar-refractivity contribution in [3.8, 4) is 0 Å². The highest BCUT2D eigenvalue weighted by molar-refractivity contribution is 5.91. The van der Waals surface area contributed by atoms with Gasteiger partial charge in [0.05, 0.1) is 0 Å². The average Bonchev–Trinajstić information content (AvgIpc) is 2.87. The van der Waals surface area contributed by atoms with Gasteiger partial charge in [-0.25, -0.2) is 0 Å². The molecule has 0 heterocycles. The van der Waals surface area contributed by atoms with E-state index in [1.54, 1.807) is 0 Å². The first-order valence-corrected chi connectivity index (χ1v) is 9.87. The van der Waals surface area contributed by atoms with Gasteiger partial charge in [0.15, 0.2) is 11.6 Å². The summed E-state index contributed by atoms with van der Waals surface area (Å²) in [5, 5.41) is 20.5. The van der Waals surface area contributed by atoms with E-state index in [0.29, 0.717) is 30.6 Å². The van der Waals surface area contributed by atoms with Crippen LogP contribution in [0.1, 0.15) is 65.2 Å². The standard InChI is InChI=1S/C21H30O4/c1-19-8-5-14(23)11-13(19)3-4-15-16(19)6-9-20(2)17(15)7-10-21(20,25)18(24)12-22/h11,15-17,22,25H,3-10,12H2,1-2H3/t15-,16+,17-,19+,20-,21+/m1/s1. The number of allylic oxidation sites excluding steroid dienone is 1. The number of aliphatic hydroxyl groups is 2. The molecular formula is C21H30O4. The Balaban J connectivity index is 1.68. The Morgan fingerprint density at radius 2 is 1.84 bits per heavy atom. The fourth-order valence-electron chi connectivity index (χ4n) is 7.16. The number of carbonyl (C=O) groups excluding carboxylic acids is 2. The minimum absolute atomic E-state index is 0.111. The molecule has 0 amide bonds. The van der Waals surface area contributed by atoms with Gasteiger partial charge in [-0.2, -0.15) is 0 Å². The van der Waals surface area contributed by atoms with Crippen molar-refractivity contribution in [2.75, 3.05) is 6.61 Å². The van der Waals surface area contributed by atoms with E-state index in [1.165, 1.54) is 5.57 Å². The van der Waals surface area contributed by atoms with Crippen molar-refractivity contribution in [3.63, 3.8) is 0 Å². The van der Waals surface area contributed by atoms with Gasteiger partial charge in [0.1, 0.15) is 12.2 Å². The molecule has 0 spiro atoms. The first-order valence-electron chi connectivity index (χ1n) is 9.87. The third-order valence-corrected chi connectivity index (χ3v) is 8.72. The molecule has 4 aliphatic rings. The topological polar surface area (TPSA) is 74.6 Å². The molecule has 4 aliphatic carbocycles. The molecular weight excluding hydrogens is 316 g/mol. The van der Waals surface area contributed by atoms with Crippen LogP contribution in [0.4, 0.5) is 0 Å². The second-order valence-electron chi connectivity index (χ2n) is 9.41. The lowest BCUT2D eigenvalue weighted by molar-refractivity contribution is -0.164. The molecule has 4 rings (SSSR count). The van der Waals surface area contributed by atoms with Gasteiger partial charge >= 0.3 is 0 Å². The quantitative estimate of drug-likeness (QED) is 0.806. The number of Topliss-reactive ketones (excluding diaryl/α,β-unsaturated/α-hetero) is 1. The molecule has 0 unspecified atom stereocenters. The van der Waals surface area contributed by atoms with Crippen molar-refractivity contribution in [2.45, 2.75) is 70.8 Å². The third-order valence-electron chi connectivity index (χ3n) is 8.72. The molecule has 0 saturated heterocycles. The van der Waals surface area contributed by atoms with Gasteiger partial charge in [-0.1, -0.05) is 19.4 Å². The molecule has 6 atom stereocenters. The summed E-state index contributed by atoms with van der Waals surface area (Å²) < 4.78 is 0. The Labute approximate surface area is 149 Å². The van der Waals surface area contributed by atoms with E-state index in [9.17, 15) is 19.8 Å². The first-order chi connectivity index (χ1) is 11.8. The maximum atomic E-state index is 12.3. The van der Waals surface area contributed by atoms with Crippen LogP contribution in [0.5, 0.6) is 0 Å². The summed E-state index contributed by atoms with van der Waals surface area (Å²) in [6.07, 6.45) is 8.72. The Bertz CT molecular complexity index is 652. The third kappa shape index (κ3) is 2.13. The highest BCUT2D eigenvalue weighted by Crippen LogP contribution is 2.67. The molecule has 0 bridgehead atoms. The first kappa shape index (κ1) is 17.4.